The highest BCUT2D eigenvalue weighted by atomic mass is 16.4. The molecule has 2 N–H and O–H groups in total. The van der Waals surface area contributed by atoms with Gasteiger partial charge in [0.2, 0.25) is 0 Å². The van der Waals surface area contributed by atoms with Crippen molar-refractivity contribution in [2.24, 2.45) is 0 Å². The number of carbonyl (C=O) groups is 2. The molecule has 6 nitrogen and oxygen atoms in total. The number of amides is 2. The molecular formula is C14H19N3O3. The third-order valence-corrected chi connectivity index (χ3v) is 3.66. The van der Waals surface area contributed by atoms with Crippen LogP contribution in [-0.4, -0.2) is 39.1 Å². The first-order valence-corrected chi connectivity index (χ1v) is 6.76. The van der Waals surface area contributed by atoms with E-state index in [0.29, 0.717) is 5.69 Å². The van der Waals surface area contributed by atoms with Gasteiger partial charge in [-0.25, -0.2) is 9.59 Å². The van der Waals surface area contributed by atoms with Gasteiger partial charge >= 0.3 is 12.0 Å². The van der Waals surface area contributed by atoms with E-state index in [0.717, 1.165) is 19.3 Å². The minimum Gasteiger partial charge on any atom is -0.478 e. The fourth-order valence-corrected chi connectivity index (χ4v) is 2.63. The lowest BCUT2D eigenvalue weighted by Gasteiger charge is -2.38. The van der Waals surface area contributed by atoms with Crippen molar-refractivity contribution in [3.8, 4) is 0 Å². The lowest BCUT2D eigenvalue weighted by atomic mass is 9.98. The molecule has 108 valence electrons. The Morgan fingerprint density at radius 3 is 2.55 bits per heavy atom. The van der Waals surface area contributed by atoms with Crippen LogP contribution in [0.4, 0.5) is 10.5 Å². The predicted octanol–water partition coefficient (Wildman–Crippen LogP) is 2.57. The maximum absolute atomic E-state index is 12.3. The van der Waals surface area contributed by atoms with Gasteiger partial charge in [0, 0.05) is 18.3 Å². The van der Waals surface area contributed by atoms with Crippen LogP contribution in [0, 0.1) is 0 Å². The normalized spacial score (nSPS) is 22.4. The number of carboxylic acids is 1. The number of hydrogen-bond donors (Lipinski definition) is 2. The first-order valence-electron chi connectivity index (χ1n) is 6.76. The lowest BCUT2D eigenvalue weighted by molar-refractivity contribution is 0.0696. The Balaban J connectivity index is 2.10. The van der Waals surface area contributed by atoms with Crippen molar-refractivity contribution in [2.45, 2.75) is 45.2 Å². The van der Waals surface area contributed by atoms with Crippen molar-refractivity contribution >= 4 is 17.7 Å². The fraction of sp³-hybridized carbons (Fsp3) is 0.500. The van der Waals surface area contributed by atoms with E-state index in [1.807, 2.05) is 18.7 Å². The molecule has 2 unspecified atom stereocenters. The van der Waals surface area contributed by atoms with E-state index in [-0.39, 0.29) is 23.7 Å². The highest BCUT2D eigenvalue weighted by Crippen LogP contribution is 2.23. The molecule has 0 bridgehead atoms. The molecule has 0 radical (unpaired) electrons. The molecule has 2 amide bonds. The van der Waals surface area contributed by atoms with E-state index in [1.54, 1.807) is 0 Å². The van der Waals surface area contributed by atoms with E-state index < -0.39 is 5.97 Å². The number of nitrogens with zero attached hydrogens (tertiary/aromatic N) is 2. The fourth-order valence-electron chi connectivity index (χ4n) is 2.63. The molecular weight excluding hydrogens is 258 g/mol. The number of aromatic nitrogens is 1. The zero-order chi connectivity index (χ0) is 14.7. The van der Waals surface area contributed by atoms with E-state index in [1.165, 1.54) is 18.5 Å². The largest absolute Gasteiger partial charge is 0.478 e. The Bertz CT molecular complexity index is 508. The SMILES string of the molecule is CC1CCCC(C)N1C(=O)Nc1cncc(C(=O)O)c1. The van der Waals surface area contributed by atoms with Crippen LogP contribution >= 0.6 is 0 Å². The summed E-state index contributed by atoms with van der Waals surface area (Å²) in [6.07, 6.45) is 5.81. The zero-order valence-corrected chi connectivity index (χ0v) is 11.7. The molecule has 0 aromatic carbocycles. The maximum atomic E-state index is 12.3. The molecule has 1 aliphatic heterocycles. The summed E-state index contributed by atoms with van der Waals surface area (Å²) in [5, 5.41) is 11.6. The predicted molar refractivity (Wildman–Crippen MR) is 74.8 cm³/mol. The molecule has 1 aromatic heterocycles. The number of carbonyl (C=O) groups excluding carboxylic acids is 1. The van der Waals surface area contributed by atoms with Crippen LogP contribution in [0.5, 0.6) is 0 Å². The average molecular weight is 277 g/mol. The highest BCUT2D eigenvalue weighted by Gasteiger charge is 2.28. The van der Waals surface area contributed by atoms with E-state index >= 15 is 0 Å². The third kappa shape index (κ3) is 3.07. The summed E-state index contributed by atoms with van der Waals surface area (Å²) in [6, 6.07) is 1.59. The molecule has 1 aromatic rings. The minimum absolute atomic E-state index is 0.0579. The Morgan fingerprint density at radius 1 is 1.30 bits per heavy atom. The van der Waals surface area contributed by atoms with Crippen molar-refractivity contribution < 1.29 is 14.7 Å². The third-order valence-electron chi connectivity index (χ3n) is 3.66. The van der Waals surface area contributed by atoms with Gasteiger partial charge in [-0.2, -0.15) is 0 Å². The number of likely N-dealkylation sites (tertiary alicyclic amines) is 1. The Morgan fingerprint density at radius 2 is 1.95 bits per heavy atom. The van der Waals surface area contributed by atoms with Gasteiger partial charge in [0.25, 0.3) is 0 Å². The van der Waals surface area contributed by atoms with Gasteiger partial charge < -0.3 is 15.3 Å². The monoisotopic (exact) mass is 277 g/mol. The van der Waals surface area contributed by atoms with Gasteiger partial charge in [0.1, 0.15) is 0 Å². The summed E-state index contributed by atoms with van der Waals surface area (Å²) >= 11 is 0. The molecule has 2 heterocycles. The van der Waals surface area contributed by atoms with Gasteiger partial charge in [-0.05, 0) is 39.2 Å². The summed E-state index contributed by atoms with van der Waals surface area (Å²) < 4.78 is 0. The first kappa shape index (κ1) is 14.3. The molecule has 1 aliphatic rings. The minimum atomic E-state index is -1.06. The van der Waals surface area contributed by atoms with Crippen LogP contribution in [-0.2, 0) is 0 Å². The molecule has 1 fully saturated rings. The van der Waals surface area contributed by atoms with Gasteiger partial charge in [-0.1, -0.05) is 0 Å². The topological polar surface area (TPSA) is 82.5 Å². The van der Waals surface area contributed by atoms with Gasteiger partial charge in [0.15, 0.2) is 0 Å². The van der Waals surface area contributed by atoms with Crippen LogP contribution in [0.2, 0.25) is 0 Å². The number of hydrogen-bond acceptors (Lipinski definition) is 3. The lowest BCUT2D eigenvalue weighted by Crippen LogP contribution is -2.49. The summed E-state index contributed by atoms with van der Waals surface area (Å²) in [5.41, 5.74) is 0.461. The van der Waals surface area contributed by atoms with Gasteiger partial charge in [-0.3, -0.25) is 4.98 Å². The summed E-state index contributed by atoms with van der Waals surface area (Å²) in [5.74, 6) is -1.06. The maximum Gasteiger partial charge on any atom is 0.337 e. The second-order valence-corrected chi connectivity index (χ2v) is 5.23. The smallest absolute Gasteiger partial charge is 0.337 e. The molecule has 0 saturated carbocycles. The Hall–Kier alpha value is -2.11. The first-order chi connectivity index (χ1) is 9.49. The zero-order valence-electron chi connectivity index (χ0n) is 11.7. The van der Waals surface area contributed by atoms with Gasteiger partial charge in [0.05, 0.1) is 17.4 Å². The van der Waals surface area contributed by atoms with Crippen molar-refractivity contribution in [1.82, 2.24) is 9.88 Å². The standard InChI is InChI=1S/C14H19N3O3/c1-9-4-3-5-10(2)17(9)14(20)16-12-6-11(13(18)19)7-15-8-12/h6-10H,3-5H2,1-2H3,(H,16,20)(H,18,19). The summed E-state index contributed by atoms with van der Waals surface area (Å²) in [4.78, 5) is 28.8. The van der Waals surface area contributed by atoms with E-state index in [9.17, 15) is 9.59 Å². The summed E-state index contributed by atoms with van der Waals surface area (Å²) in [7, 11) is 0. The van der Waals surface area contributed by atoms with Crippen LogP contribution in [0.3, 0.4) is 0 Å². The van der Waals surface area contributed by atoms with E-state index in [2.05, 4.69) is 10.3 Å². The second kappa shape index (κ2) is 5.90. The number of rotatable bonds is 2. The van der Waals surface area contributed by atoms with Crippen molar-refractivity contribution in [2.75, 3.05) is 5.32 Å². The van der Waals surface area contributed by atoms with Crippen LogP contribution in [0.15, 0.2) is 18.5 Å². The number of aromatic carboxylic acids is 1. The second-order valence-electron chi connectivity index (χ2n) is 5.23. The molecule has 20 heavy (non-hydrogen) atoms. The Kier molecular flexibility index (Phi) is 4.22. The van der Waals surface area contributed by atoms with Gasteiger partial charge in [-0.15, -0.1) is 0 Å². The number of anilines is 1. The van der Waals surface area contributed by atoms with Crippen molar-refractivity contribution in [3.05, 3.63) is 24.0 Å². The average Bonchev–Trinajstić information content (AvgIpc) is 2.38. The number of pyridine rings is 1. The van der Waals surface area contributed by atoms with E-state index in [4.69, 9.17) is 5.11 Å². The quantitative estimate of drug-likeness (QED) is 0.870. The highest BCUT2D eigenvalue weighted by molar-refractivity contribution is 5.92. The number of nitrogens with one attached hydrogen (secondary N) is 1. The molecule has 0 aliphatic carbocycles. The number of urea groups is 1. The number of piperidine rings is 1. The summed E-state index contributed by atoms with van der Waals surface area (Å²) in [6.45, 7) is 4.06. The van der Waals surface area contributed by atoms with Crippen molar-refractivity contribution in [3.63, 3.8) is 0 Å². The Labute approximate surface area is 117 Å². The molecule has 0 spiro atoms. The molecule has 6 heteroatoms. The van der Waals surface area contributed by atoms with Crippen LogP contribution in [0.25, 0.3) is 0 Å². The van der Waals surface area contributed by atoms with Crippen LogP contribution < -0.4 is 5.32 Å². The number of carboxylic acid groups (broad SMARTS) is 1. The van der Waals surface area contributed by atoms with Crippen molar-refractivity contribution in [1.29, 1.82) is 0 Å². The molecule has 2 atom stereocenters. The molecule has 1 saturated heterocycles. The molecule has 2 rings (SSSR count). The van der Waals surface area contributed by atoms with Crippen LogP contribution in [0.1, 0.15) is 43.5 Å².